The zero-order chi connectivity index (χ0) is 20.7. The molecule has 1 N–H and O–H groups in total. The summed E-state index contributed by atoms with van der Waals surface area (Å²) in [5.41, 5.74) is 0.568. The van der Waals surface area contributed by atoms with E-state index in [1.165, 1.54) is 9.13 Å². The Balaban J connectivity index is 1.62. The van der Waals surface area contributed by atoms with Gasteiger partial charge < -0.3 is 9.69 Å². The van der Waals surface area contributed by atoms with E-state index in [1.807, 2.05) is 0 Å². The van der Waals surface area contributed by atoms with Crippen LogP contribution in [0.3, 0.4) is 0 Å². The van der Waals surface area contributed by atoms with Gasteiger partial charge in [-0.2, -0.15) is 4.98 Å². The Morgan fingerprint density at radius 1 is 1.21 bits per heavy atom. The number of Topliss-reactive ketones (excluding diaryl/α,β-unsaturated/α-hetero) is 1. The van der Waals surface area contributed by atoms with Crippen molar-refractivity contribution in [3.8, 4) is 0 Å². The lowest BCUT2D eigenvalue weighted by Gasteiger charge is -2.31. The number of rotatable bonds is 4. The van der Waals surface area contributed by atoms with E-state index in [4.69, 9.17) is 0 Å². The van der Waals surface area contributed by atoms with Gasteiger partial charge in [-0.3, -0.25) is 24.0 Å². The first kappa shape index (κ1) is 19.3. The third kappa shape index (κ3) is 3.54. The second-order valence-electron chi connectivity index (χ2n) is 7.89. The molecule has 10 nitrogen and oxygen atoms in total. The Bertz CT molecular complexity index is 1050. The van der Waals surface area contributed by atoms with Crippen molar-refractivity contribution in [2.45, 2.75) is 45.1 Å². The smallest absolute Gasteiger partial charge is 0.330 e. The highest BCUT2D eigenvalue weighted by Gasteiger charge is 2.32. The summed E-state index contributed by atoms with van der Waals surface area (Å²) in [4.78, 5) is 58.9. The first-order valence-electron chi connectivity index (χ1n) is 9.87. The second kappa shape index (κ2) is 7.41. The van der Waals surface area contributed by atoms with Crippen LogP contribution in [0.15, 0.2) is 11.0 Å². The molecule has 2 aromatic heterocycles. The maximum atomic E-state index is 12.8. The molecule has 2 fully saturated rings. The van der Waals surface area contributed by atoms with Crippen molar-refractivity contribution < 1.29 is 14.4 Å². The summed E-state index contributed by atoms with van der Waals surface area (Å²) >= 11 is 0. The molecule has 2 saturated heterocycles. The Labute approximate surface area is 166 Å². The molecule has 2 aliphatic rings. The Kier molecular flexibility index (Phi) is 4.93. The zero-order valence-electron chi connectivity index (χ0n) is 16.6. The molecule has 0 aromatic carbocycles. The quantitative estimate of drug-likeness (QED) is 0.733. The van der Waals surface area contributed by atoms with Crippen molar-refractivity contribution >= 4 is 34.7 Å². The first-order valence-corrected chi connectivity index (χ1v) is 9.87. The van der Waals surface area contributed by atoms with Crippen LogP contribution in [0.2, 0.25) is 0 Å². The van der Waals surface area contributed by atoms with E-state index in [0.717, 1.165) is 25.9 Å². The van der Waals surface area contributed by atoms with Gasteiger partial charge in [0.05, 0.1) is 6.20 Å². The van der Waals surface area contributed by atoms with Crippen molar-refractivity contribution in [2.75, 3.05) is 18.0 Å². The number of aromatic nitrogens is 4. The van der Waals surface area contributed by atoms with E-state index >= 15 is 0 Å². The number of nitrogens with zero attached hydrogens (tertiary/aromatic N) is 5. The molecule has 154 valence electrons. The van der Waals surface area contributed by atoms with Gasteiger partial charge in [0, 0.05) is 33.0 Å². The maximum absolute atomic E-state index is 12.8. The molecular formula is C19H24N6O4. The van der Waals surface area contributed by atoms with Gasteiger partial charge in [0.1, 0.15) is 17.3 Å². The molecule has 0 bridgehead atoms. The van der Waals surface area contributed by atoms with Crippen LogP contribution in [0.4, 0.5) is 5.95 Å². The Morgan fingerprint density at radius 3 is 2.59 bits per heavy atom. The fraction of sp³-hybridized carbons (Fsp3) is 0.579. The van der Waals surface area contributed by atoms with Crippen molar-refractivity contribution in [1.29, 1.82) is 0 Å². The number of carbonyl (C=O) groups is 3. The van der Waals surface area contributed by atoms with Crippen molar-refractivity contribution in [3.05, 3.63) is 16.7 Å². The van der Waals surface area contributed by atoms with E-state index in [9.17, 15) is 19.2 Å². The SMILES string of the molecule is CC(=O)CC1CCN(c2ncc3c(n2)n(C)c(=O)n3C2CCC(=O)NC2=O)CC1. The normalized spacial score (nSPS) is 20.9. The molecule has 2 amide bonds. The molecule has 0 saturated carbocycles. The molecule has 2 aliphatic heterocycles. The molecule has 4 heterocycles. The van der Waals surface area contributed by atoms with Crippen molar-refractivity contribution in [1.82, 2.24) is 24.4 Å². The Hall–Kier alpha value is -3.04. The predicted molar refractivity (Wildman–Crippen MR) is 104 cm³/mol. The van der Waals surface area contributed by atoms with Gasteiger partial charge in [0.2, 0.25) is 17.8 Å². The second-order valence-corrected chi connectivity index (χ2v) is 7.89. The van der Waals surface area contributed by atoms with Crippen LogP contribution in [-0.4, -0.2) is 49.8 Å². The van der Waals surface area contributed by atoms with Crippen molar-refractivity contribution in [2.24, 2.45) is 13.0 Å². The molecule has 29 heavy (non-hydrogen) atoms. The number of imidazole rings is 1. The summed E-state index contributed by atoms with van der Waals surface area (Å²) < 4.78 is 2.78. The lowest BCUT2D eigenvalue weighted by atomic mass is 9.92. The minimum atomic E-state index is -0.749. The first-order chi connectivity index (χ1) is 13.8. The fourth-order valence-corrected chi connectivity index (χ4v) is 4.26. The zero-order valence-corrected chi connectivity index (χ0v) is 16.6. The highest BCUT2D eigenvalue weighted by molar-refractivity contribution is 6.00. The molecule has 0 spiro atoms. The molecule has 1 atom stereocenters. The summed E-state index contributed by atoms with van der Waals surface area (Å²) in [6.07, 6.45) is 4.44. The topological polar surface area (TPSA) is 119 Å². The standard InChI is InChI=1S/C19H24N6O4/c1-11(26)9-12-5-7-24(8-6-12)18-20-10-14-16(22-18)23(2)19(29)25(14)13-3-4-15(27)21-17(13)28/h10,12-13H,3-9H2,1-2H3,(H,21,27,28). The van der Waals surface area contributed by atoms with Gasteiger partial charge in [-0.05, 0) is 32.1 Å². The highest BCUT2D eigenvalue weighted by atomic mass is 16.2. The number of ketones is 1. The van der Waals surface area contributed by atoms with Gasteiger partial charge in [-0.1, -0.05) is 0 Å². The van der Waals surface area contributed by atoms with Gasteiger partial charge in [-0.15, -0.1) is 0 Å². The molecule has 10 heteroatoms. The van der Waals surface area contributed by atoms with Gasteiger partial charge in [0.15, 0.2) is 5.65 Å². The largest absolute Gasteiger partial charge is 0.341 e. The highest BCUT2D eigenvalue weighted by Crippen LogP contribution is 2.26. The number of hydrogen-bond donors (Lipinski definition) is 1. The van der Waals surface area contributed by atoms with Gasteiger partial charge >= 0.3 is 5.69 Å². The van der Waals surface area contributed by atoms with Crippen LogP contribution in [0.1, 0.15) is 45.1 Å². The summed E-state index contributed by atoms with van der Waals surface area (Å²) in [6.45, 7) is 3.13. The van der Waals surface area contributed by atoms with E-state index < -0.39 is 11.9 Å². The lowest BCUT2D eigenvalue weighted by Crippen LogP contribution is -2.44. The third-order valence-electron chi connectivity index (χ3n) is 5.80. The molecule has 4 rings (SSSR count). The van der Waals surface area contributed by atoms with Crippen molar-refractivity contribution in [3.63, 3.8) is 0 Å². The number of carbonyl (C=O) groups excluding carboxylic acids is 3. The molecule has 2 aromatic rings. The molecule has 0 aliphatic carbocycles. The Morgan fingerprint density at radius 2 is 1.93 bits per heavy atom. The summed E-state index contributed by atoms with van der Waals surface area (Å²) in [5.74, 6) is 0.338. The van der Waals surface area contributed by atoms with E-state index in [1.54, 1.807) is 20.2 Å². The lowest BCUT2D eigenvalue weighted by molar-refractivity contribution is -0.135. The third-order valence-corrected chi connectivity index (χ3v) is 5.80. The molecular weight excluding hydrogens is 376 g/mol. The predicted octanol–water partition coefficient (Wildman–Crippen LogP) is 0.303. The van der Waals surface area contributed by atoms with Crippen LogP contribution in [-0.2, 0) is 21.4 Å². The average molecular weight is 400 g/mol. The number of piperidine rings is 2. The number of amides is 2. The summed E-state index contributed by atoms with van der Waals surface area (Å²) in [6, 6.07) is -0.749. The minimum Gasteiger partial charge on any atom is -0.341 e. The van der Waals surface area contributed by atoms with Gasteiger partial charge in [0.25, 0.3) is 0 Å². The molecule has 1 unspecified atom stereocenters. The monoisotopic (exact) mass is 400 g/mol. The number of anilines is 1. The number of hydrogen-bond acceptors (Lipinski definition) is 7. The number of fused-ring (bicyclic) bond motifs is 1. The van der Waals surface area contributed by atoms with Crippen LogP contribution in [0.5, 0.6) is 0 Å². The van der Waals surface area contributed by atoms with Gasteiger partial charge in [-0.25, -0.2) is 9.78 Å². The molecule has 0 radical (unpaired) electrons. The number of aryl methyl sites for hydroxylation is 1. The number of imide groups is 1. The van der Waals surface area contributed by atoms with E-state index in [2.05, 4.69) is 20.2 Å². The van der Waals surface area contributed by atoms with Crippen LogP contribution < -0.4 is 15.9 Å². The van der Waals surface area contributed by atoms with Crippen LogP contribution >= 0.6 is 0 Å². The van der Waals surface area contributed by atoms with E-state index in [0.29, 0.717) is 29.5 Å². The minimum absolute atomic E-state index is 0.188. The maximum Gasteiger partial charge on any atom is 0.330 e. The summed E-state index contributed by atoms with van der Waals surface area (Å²) in [5, 5.41) is 2.29. The van der Waals surface area contributed by atoms with Crippen LogP contribution in [0.25, 0.3) is 11.2 Å². The van der Waals surface area contributed by atoms with Crippen LogP contribution in [0, 0.1) is 5.92 Å². The fourth-order valence-electron chi connectivity index (χ4n) is 4.26. The average Bonchev–Trinajstić information content (AvgIpc) is 2.93. The van der Waals surface area contributed by atoms with E-state index in [-0.39, 0.29) is 30.2 Å². The number of nitrogens with one attached hydrogen (secondary N) is 1. The summed E-state index contributed by atoms with van der Waals surface area (Å²) in [7, 11) is 1.61.